The van der Waals surface area contributed by atoms with Crippen LogP contribution >= 0.6 is 0 Å². The van der Waals surface area contributed by atoms with E-state index in [4.69, 9.17) is 18.9 Å². The summed E-state index contributed by atoms with van der Waals surface area (Å²) in [4.78, 5) is 10.1. The van der Waals surface area contributed by atoms with Crippen molar-refractivity contribution in [1.29, 1.82) is 0 Å². The maximum absolute atomic E-state index is 11.0. The van der Waals surface area contributed by atoms with Gasteiger partial charge in [0.25, 0.3) is 5.69 Å². The normalized spacial score (nSPS) is 36.4. The Morgan fingerprint density at radius 2 is 1.43 bits per heavy atom. The molecule has 0 unspecified atom stereocenters. The molecule has 0 radical (unpaired) electrons. The molecule has 2 heterocycles. The zero-order valence-electron chi connectivity index (χ0n) is 19.1. The largest absolute Gasteiger partial charge is 1.00 e. The summed E-state index contributed by atoms with van der Waals surface area (Å²) in [6, 6.07) is 4.64. The molecule has 0 spiro atoms. The molecular weight excluding hydrogens is 541 g/mol. The third-order valence-corrected chi connectivity index (χ3v) is 5.92. The van der Waals surface area contributed by atoms with E-state index in [0.717, 1.165) is 12.1 Å². The van der Waals surface area contributed by atoms with E-state index in [1.54, 1.807) is 0 Å². The number of non-ortho nitro benzene ring substituents is 1. The van der Waals surface area contributed by atoms with E-state index in [9.17, 15) is 53.7 Å². The van der Waals surface area contributed by atoms with E-state index >= 15 is 0 Å². The maximum Gasteiger partial charge on any atom is 1.00 e. The van der Waals surface area contributed by atoms with Gasteiger partial charge in [-0.25, -0.2) is 8.42 Å². The first kappa shape index (κ1) is 32.1. The minimum Gasteiger partial charge on any atom is -0.726 e. The Balaban J connectivity index is 0.00000481. The molecule has 19 heteroatoms. The van der Waals surface area contributed by atoms with Gasteiger partial charge in [0.2, 0.25) is 16.7 Å². The van der Waals surface area contributed by atoms with Gasteiger partial charge >= 0.3 is 29.6 Å². The van der Waals surface area contributed by atoms with Crippen molar-refractivity contribution in [2.24, 2.45) is 0 Å². The van der Waals surface area contributed by atoms with E-state index < -0.39 is 89.9 Å². The molecule has 0 aliphatic carbocycles. The van der Waals surface area contributed by atoms with E-state index in [1.807, 2.05) is 0 Å². The Labute approximate surface area is 231 Å². The molecule has 0 aromatic heterocycles. The van der Waals surface area contributed by atoms with Crippen LogP contribution in [0.25, 0.3) is 0 Å². The van der Waals surface area contributed by atoms with Crippen LogP contribution in [0.15, 0.2) is 24.3 Å². The van der Waals surface area contributed by atoms with Crippen LogP contribution < -0.4 is 34.3 Å². The first-order valence-electron chi connectivity index (χ1n) is 10.3. The number of aliphatic hydroxyl groups is 6. The van der Waals surface area contributed by atoms with E-state index in [0.29, 0.717) is 0 Å². The average Bonchev–Trinajstić information content (AvgIpc) is 2.82. The summed E-state index contributed by atoms with van der Waals surface area (Å²) in [6.45, 7) is -1.76. The summed E-state index contributed by atoms with van der Waals surface area (Å²) >= 11 is 0. The number of rotatable bonds is 9. The summed E-state index contributed by atoms with van der Waals surface area (Å²) in [7, 11) is -5.43. The predicted octanol–water partition coefficient (Wildman–Crippen LogP) is -6.91. The molecule has 0 saturated carbocycles. The van der Waals surface area contributed by atoms with E-state index in [1.165, 1.54) is 12.1 Å². The Bertz CT molecular complexity index is 996. The average molecular weight is 565 g/mol. The molecule has 6 N–H and O–H groups in total. The van der Waals surface area contributed by atoms with Crippen molar-refractivity contribution in [1.82, 2.24) is 0 Å². The van der Waals surface area contributed by atoms with Gasteiger partial charge < -0.3 is 54.1 Å². The summed E-state index contributed by atoms with van der Waals surface area (Å²) in [6.07, 6.45) is -18.2. The second-order valence-corrected chi connectivity index (χ2v) is 8.86. The van der Waals surface area contributed by atoms with Crippen molar-refractivity contribution in [2.45, 2.75) is 61.4 Å². The van der Waals surface area contributed by atoms with Gasteiger partial charge in [-0.05, 0) is 12.1 Å². The number of benzene rings is 1. The molecule has 37 heavy (non-hydrogen) atoms. The van der Waals surface area contributed by atoms with Gasteiger partial charge in [0.05, 0.1) is 18.1 Å². The second-order valence-electron chi connectivity index (χ2n) is 7.85. The number of nitro benzene ring substituents is 1. The quantitative estimate of drug-likeness (QED) is 0.0534. The molecule has 0 bridgehead atoms. The zero-order chi connectivity index (χ0) is 26.8. The van der Waals surface area contributed by atoms with Crippen molar-refractivity contribution in [3.63, 3.8) is 0 Å². The van der Waals surface area contributed by atoms with Crippen LogP contribution in [0.2, 0.25) is 0 Å². The van der Waals surface area contributed by atoms with E-state index in [-0.39, 0.29) is 41.0 Å². The third-order valence-electron chi connectivity index (χ3n) is 5.46. The molecular formula is C18H24NNaO16S. The standard InChI is InChI=1S/C18H25NO16S.Na/c20-5-9-11(22)16(35-36(28,29)30)14(25)18(32-9)34-15-10(6-21)33-17(13(24)12(15)23)31-8-3-1-7(2-4-8)19(26)27;/h1-4,9-18,20-25H,5-6H2,(H,28,29,30);/q;+1/p-1/t9-,10-,11+,12-,13-,14-,15-,16+,17-,18+;/m1./s1. The summed E-state index contributed by atoms with van der Waals surface area (Å²) in [5.41, 5.74) is -0.237. The fourth-order valence-electron chi connectivity index (χ4n) is 3.67. The van der Waals surface area contributed by atoms with Gasteiger partial charge in [0, 0.05) is 12.1 Å². The van der Waals surface area contributed by atoms with Crippen LogP contribution in [-0.2, 0) is 28.8 Å². The molecule has 2 aliphatic rings. The minimum absolute atomic E-state index is 0. The van der Waals surface area contributed by atoms with Crippen molar-refractivity contribution in [3.8, 4) is 5.75 Å². The Morgan fingerprint density at radius 1 is 0.865 bits per heavy atom. The molecule has 204 valence electrons. The van der Waals surface area contributed by atoms with Crippen LogP contribution in [0.1, 0.15) is 0 Å². The van der Waals surface area contributed by atoms with E-state index in [2.05, 4.69) is 4.18 Å². The molecule has 2 aliphatic heterocycles. The summed E-state index contributed by atoms with van der Waals surface area (Å²) in [5, 5.41) is 71.4. The minimum atomic E-state index is -5.43. The molecule has 3 rings (SSSR count). The number of ether oxygens (including phenoxy) is 4. The first-order chi connectivity index (χ1) is 16.9. The van der Waals surface area contributed by atoms with Gasteiger partial charge in [-0.2, -0.15) is 0 Å². The summed E-state index contributed by atoms with van der Waals surface area (Å²) in [5.74, 6) is 0.0116. The fraction of sp³-hybridized carbons (Fsp3) is 0.667. The molecule has 0 amide bonds. The number of hydrogen-bond acceptors (Lipinski definition) is 16. The van der Waals surface area contributed by atoms with Crippen LogP contribution in [0.3, 0.4) is 0 Å². The van der Waals surface area contributed by atoms with Crippen LogP contribution in [-0.4, -0.2) is 123 Å². The molecule has 1 aromatic rings. The fourth-order valence-corrected chi connectivity index (χ4v) is 4.17. The van der Waals surface area contributed by atoms with Gasteiger partial charge in [-0.3, -0.25) is 14.3 Å². The third kappa shape index (κ3) is 7.75. The number of nitro groups is 1. The topological polar surface area (TPSA) is 268 Å². The number of hydrogen-bond donors (Lipinski definition) is 6. The molecule has 17 nitrogen and oxygen atoms in total. The number of aliphatic hydroxyl groups excluding tert-OH is 6. The Hall–Kier alpha value is -1.07. The van der Waals surface area contributed by atoms with Crippen molar-refractivity contribution in [3.05, 3.63) is 34.4 Å². The van der Waals surface area contributed by atoms with Gasteiger partial charge in [0.15, 0.2) is 6.29 Å². The first-order valence-corrected chi connectivity index (χ1v) is 11.6. The zero-order valence-corrected chi connectivity index (χ0v) is 21.9. The maximum atomic E-state index is 11.0. The Kier molecular flexibility index (Phi) is 11.6. The molecule has 2 saturated heterocycles. The molecule has 1 aromatic carbocycles. The SMILES string of the molecule is O=[N+]([O-])c1ccc(O[C@@H]2O[C@H](CO)[C@@H](O[C@@H]3O[C@H](CO)[C@H](O)[C@H](OS(=O)(=O)[O-])[C@H]3O)[C@H](O)[C@H]2O)cc1.[Na+]. The van der Waals surface area contributed by atoms with Crippen molar-refractivity contribution in [2.75, 3.05) is 13.2 Å². The smallest absolute Gasteiger partial charge is 0.726 e. The van der Waals surface area contributed by atoms with Crippen molar-refractivity contribution >= 4 is 16.1 Å². The molecule has 10 atom stereocenters. The summed E-state index contributed by atoms with van der Waals surface area (Å²) < 4.78 is 58.5. The number of nitrogens with zero attached hydrogens (tertiary/aromatic N) is 1. The van der Waals surface area contributed by atoms with Gasteiger partial charge in [-0.15, -0.1) is 0 Å². The monoisotopic (exact) mass is 565 g/mol. The Morgan fingerprint density at radius 3 is 1.95 bits per heavy atom. The molecule has 2 fully saturated rings. The van der Waals surface area contributed by atoms with Crippen LogP contribution in [0, 0.1) is 10.1 Å². The predicted molar refractivity (Wildman–Crippen MR) is 109 cm³/mol. The second kappa shape index (κ2) is 13.3. The van der Waals surface area contributed by atoms with Gasteiger partial charge in [-0.1, -0.05) is 0 Å². The van der Waals surface area contributed by atoms with Gasteiger partial charge in [0.1, 0.15) is 54.6 Å². The van der Waals surface area contributed by atoms with Crippen LogP contribution in [0.5, 0.6) is 5.75 Å². The van der Waals surface area contributed by atoms with Crippen LogP contribution in [0.4, 0.5) is 5.69 Å². The van der Waals surface area contributed by atoms with Crippen molar-refractivity contribution < 1.29 is 101 Å².